The molecule has 2 heterocycles. The second-order valence-electron chi connectivity index (χ2n) is 4.87. The van der Waals surface area contributed by atoms with E-state index in [-0.39, 0.29) is 0 Å². The number of pyridine rings is 1. The molecule has 0 unspecified atom stereocenters. The Hall–Kier alpha value is -1.39. The van der Waals surface area contributed by atoms with E-state index in [9.17, 15) is 0 Å². The van der Waals surface area contributed by atoms with Gasteiger partial charge in [-0.05, 0) is 37.9 Å². The van der Waals surface area contributed by atoms with Gasteiger partial charge >= 0.3 is 0 Å². The standard InChI is InChI=1S/C14H22N4/c1-13-4-6-16-14(12-13)15-5-3-7-18-10-8-17(2)9-11-18/h3-6,12H,7-11H2,1-2H3,(H,15,16)/b5-3+. The highest BCUT2D eigenvalue weighted by Crippen LogP contribution is 2.05. The molecule has 1 saturated heterocycles. The molecule has 0 saturated carbocycles. The molecule has 1 aliphatic heterocycles. The van der Waals surface area contributed by atoms with Gasteiger partial charge in [-0.3, -0.25) is 4.90 Å². The van der Waals surface area contributed by atoms with E-state index in [0.717, 1.165) is 25.5 Å². The third-order valence-corrected chi connectivity index (χ3v) is 3.22. The van der Waals surface area contributed by atoms with Gasteiger partial charge in [-0.25, -0.2) is 4.98 Å². The van der Waals surface area contributed by atoms with Crippen molar-refractivity contribution in [3.8, 4) is 0 Å². The predicted octanol–water partition coefficient (Wildman–Crippen LogP) is 1.56. The second kappa shape index (κ2) is 6.52. The van der Waals surface area contributed by atoms with Gasteiger partial charge in [0.25, 0.3) is 0 Å². The molecular formula is C14H22N4. The summed E-state index contributed by atoms with van der Waals surface area (Å²) in [7, 11) is 2.18. The Bertz CT molecular complexity index is 395. The Morgan fingerprint density at radius 2 is 2.11 bits per heavy atom. The van der Waals surface area contributed by atoms with Crippen LogP contribution in [0.25, 0.3) is 0 Å². The predicted molar refractivity (Wildman–Crippen MR) is 75.7 cm³/mol. The molecule has 1 aromatic heterocycles. The summed E-state index contributed by atoms with van der Waals surface area (Å²) in [6.07, 6.45) is 5.97. The molecule has 0 aromatic carbocycles. The van der Waals surface area contributed by atoms with Gasteiger partial charge < -0.3 is 10.2 Å². The minimum atomic E-state index is 0.907. The van der Waals surface area contributed by atoms with Gasteiger partial charge in [0.1, 0.15) is 5.82 Å². The van der Waals surface area contributed by atoms with Gasteiger partial charge in [-0.1, -0.05) is 6.08 Å². The summed E-state index contributed by atoms with van der Waals surface area (Å²) in [5.41, 5.74) is 1.22. The van der Waals surface area contributed by atoms with Gasteiger partial charge in [-0.2, -0.15) is 0 Å². The Labute approximate surface area is 109 Å². The van der Waals surface area contributed by atoms with E-state index in [1.807, 2.05) is 24.5 Å². The van der Waals surface area contributed by atoms with E-state index < -0.39 is 0 Å². The number of anilines is 1. The highest BCUT2D eigenvalue weighted by molar-refractivity contribution is 5.39. The summed E-state index contributed by atoms with van der Waals surface area (Å²) in [6.45, 7) is 7.72. The summed E-state index contributed by atoms with van der Waals surface area (Å²) in [6, 6.07) is 4.04. The first-order valence-corrected chi connectivity index (χ1v) is 6.49. The number of piperazine rings is 1. The lowest BCUT2D eigenvalue weighted by molar-refractivity contribution is 0.166. The highest BCUT2D eigenvalue weighted by atomic mass is 15.2. The molecule has 1 aromatic rings. The number of aryl methyl sites for hydroxylation is 1. The van der Waals surface area contributed by atoms with Crippen LogP contribution in [0.15, 0.2) is 30.6 Å². The minimum Gasteiger partial charge on any atom is -0.347 e. The maximum Gasteiger partial charge on any atom is 0.130 e. The van der Waals surface area contributed by atoms with Crippen LogP contribution in [-0.2, 0) is 0 Å². The van der Waals surface area contributed by atoms with Gasteiger partial charge in [0, 0.05) is 38.9 Å². The molecule has 4 heteroatoms. The average molecular weight is 246 g/mol. The fourth-order valence-corrected chi connectivity index (χ4v) is 1.99. The van der Waals surface area contributed by atoms with Crippen molar-refractivity contribution in [2.75, 3.05) is 45.1 Å². The fourth-order valence-electron chi connectivity index (χ4n) is 1.99. The van der Waals surface area contributed by atoms with Crippen molar-refractivity contribution in [1.82, 2.24) is 14.8 Å². The molecule has 18 heavy (non-hydrogen) atoms. The first kappa shape index (κ1) is 13.1. The summed E-state index contributed by atoms with van der Waals surface area (Å²) in [5, 5.41) is 3.21. The van der Waals surface area contributed by atoms with Crippen LogP contribution < -0.4 is 5.32 Å². The molecule has 98 valence electrons. The summed E-state index contributed by atoms with van der Waals surface area (Å²) in [4.78, 5) is 9.08. The van der Waals surface area contributed by atoms with Crippen LogP contribution in [0, 0.1) is 6.92 Å². The molecule has 1 N–H and O–H groups in total. The summed E-state index contributed by atoms with van der Waals surface area (Å²) < 4.78 is 0. The third-order valence-electron chi connectivity index (χ3n) is 3.22. The van der Waals surface area contributed by atoms with E-state index in [0.29, 0.717) is 0 Å². The molecule has 2 rings (SSSR count). The van der Waals surface area contributed by atoms with Crippen LogP contribution in [0.3, 0.4) is 0 Å². The Balaban J connectivity index is 1.72. The van der Waals surface area contributed by atoms with E-state index in [1.165, 1.54) is 18.7 Å². The SMILES string of the molecule is Cc1ccnc(N/C=C/CN2CCN(C)CC2)c1. The second-order valence-corrected chi connectivity index (χ2v) is 4.87. The zero-order chi connectivity index (χ0) is 12.8. The van der Waals surface area contributed by atoms with Crippen LogP contribution in [0.1, 0.15) is 5.56 Å². The first-order chi connectivity index (χ1) is 8.74. The quantitative estimate of drug-likeness (QED) is 0.873. The molecule has 0 bridgehead atoms. The van der Waals surface area contributed by atoms with Crippen molar-refractivity contribution in [2.45, 2.75) is 6.92 Å². The van der Waals surface area contributed by atoms with Crippen molar-refractivity contribution >= 4 is 5.82 Å². The van der Waals surface area contributed by atoms with E-state index in [4.69, 9.17) is 0 Å². The summed E-state index contributed by atoms with van der Waals surface area (Å²) >= 11 is 0. The molecule has 1 aliphatic rings. The number of hydrogen-bond acceptors (Lipinski definition) is 4. The summed E-state index contributed by atoms with van der Waals surface area (Å²) in [5.74, 6) is 0.907. The van der Waals surface area contributed by atoms with Crippen molar-refractivity contribution in [2.24, 2.45) is 0 Å². The van der Waals surface area contributed by atoms with Gasteiger partial charge in [-0.15, -0.1) is 0 Å². The van der Waals surface area contributed by atoms with Gasteiger partial charge in [0.05, 0.1) is 0 Å². The smallest absolute Gasteiger partial charge is 0.130 e. The first-order valence-electron chi connectivity index (χ1n) is 6.49. The molecule has 0 atom stereocenters. The lowest BCUT2D eigenvalue weighted by atomic mass is 10.3. The maximum atomic E-state index is 4.25. The molecule has 0 aliphatic carbocycles. The van der Waals surface area contributed by atoms with Crippen LogP contribution in [0.4, 0.5) is 5.82 Å². The van der Waals surface area contributed by atoms with Crippen LogP contribution in [0.5, 0.6) is 0 Å². The monoisotopic (exact) mass is 246 g/mol. The van der Waals surface area contributed by atoms with Gasteiger partial charge in [0.15, 0.2) is 0 Å². The Morgan fingerprint density at radius 3 is 2.83 bits per heavy atom. The van der Waals surface area contributed by atoms with Crippen LogP contribution >= 0.6 is 0 Å². The fraction of sp³-hybridized carbons (Fsp3) is 0.500. The topological polar surface area (TPSA) is 31.4 Å². The minimum absolute atomic E-state index is 0.907. The zero-order valence-electron chi connectivity index (χ0n) is 11.3. The van der Waals surface area contributed by atoms with E-state index in [2.05, 4.69) is 40.1 Å². The maximum absolute atomic E-state index is 4.25. The van der Waals surface area contributed by atoms with Crippen molar-refractivity contribution in [3.63, 3.8) is 0 Å². The molecule has 0 spiro atoms. The number of hydrogen-bond donors (Lipinski definition) is 1. The number of rotatable bonds is 4. The molecule has 1 fully saturated rings. The van der Waals surface area contributed by atoms with Crippen molar-refractivity contribution < 1.29 is 0 Å². The zero-order valence-corrected chi connectivity index (χ0v) is 11.3. The van der Waals surface area contributed by atoms with Crippen LogP contribution in [-0.4, -0.2) is 54.6 Å². The van der Waals surface area contributed by atoms with Crippen LogP contribution in [0.2, 0.25) is 0 Å². The average Bonchev–Trinajstić information content (AvgIpc) is 2.37. The lowest BCUT2D eigenvalue weighted by Crippen LogP contribution is -2.44. The Kier molecular flexibility index (Phi) is 4.73. The molecule has 0 amide bonds. The highest BCUT2D eigenvalue weighted by Gasteiger charge is 2.11. The van der Waals surface area contributed by atoms with E-state index in [1.54, 1.807) is 0 Å². The molecular weight excluding hydrogens is 224 g/mol. The molecule has 4 nitrogen and oxygen atoms in total. The van der Waals surface area contributed by atoms with Crippen molar-refractivity contribution in [1.29, 1.82) is 0 Å². The number of aromatic nitrogens is 1. The normalized spacial score (nSPS) is 18.3. The number of likely N-dealkylation sites (N-methyl/N-ethyl adjacent to an activating group) is 1. The van der Waals surface area contributed by atoms with Crippen molar-refractivity contribution in [3.05, 3.63) is 36.2 Å². The van der Waals surface area contributed by atoms with E-state index >= 15 is 0 Å². The third kappa shape index (κ3) is 4.13. The number of nitrogens with zero attached hydrogens (tertiary/aromatic N) is 3. The Morgan fingerprint density at radius 1 is 1.33 bits per heavy atom. The number of nitrogens with one attached hydrogen (secondary N) is 1. The van der Waals surface area contributed by atoms with Gasteiger partial charge in [0.2, 0.25) is 0 Å². The molecule has 0 radical (unpaired) electrons. The lowest BCUT2D eigenvalue weighted by Gasteiger charge is -2.31. The largest absolute Gasteiger partial charge is 0.347 e.